The van der Waals surface area contributed by atoms with Gasteiger partial charge in [0, 0.05) is 13.6 Å². The summed E-state index contributed by atoms with van der Waals surface area (Å²) in [6, 6.07) is 5.71. The number of methoxy groups -OCH3 is 1. The molecule has 0 aliphatic heterocycles. The minimum absolute atomic E-state index is 0.160. The first-order valence-electron chi connectivity index (χ1n) is 5.06. The summed E-state index contributed by atoms with van der Waals surface area (Å²) in [7, 11) is 2.98. The number of nitrogens with zero attached hydrogens (tertiary/aromatic N) is 2. The number of carbonyl (C=O) groups is 1. The molecule has 0 radical (unpaired) electrons. The minimum atomic E-state index is -0.497. The molecule has 90 valence electrons. The molecule has 1 aromatic carbocycles. The molecule has 0 bridgehead atoms. The summed E-state index contributed by atoms with van der Waals surface area (Å²) in [5.41, 5.74) is 0.160. The van der Waals surface area contributed by atoms with Crippen LogP contribution >= 0.6 is 0 Å². The Morgan fingerprint density at radius 1 is 1.59 bits per heavy atom. The third-order valence-corrected chi connectivity index (χ3v) is 2.30. The predicted octanol–water partition coefficient (Wildman–Crippen LogP) is 1.82. The van der Waals surface area contributed by atoms with E-state index in [2.05, 4.69) is 0 Å². The van der Waals surface area contributed by atoms with Crippen molar-refractivity contribution < 1.29 is 13.9 Å². The van der Waals surface area contributed by atoms with E-state index in [4.69, 9.17) is 10.00 Å². The fraction of sp³-hybridized carbons (Fsp3) is 0.333. The Labute approximate surface area is 99.2 Å². The largest absolute Gasteiger partial charge is 0.496 e. The molecular formula is C12H13FN2O2. The molecule has 0 saturated carbocycles. The molecule has 0 unspecified atom stereocenters. The van der Waals surface area contributed by atoms with Crippen molar-refractivity contribution in [2.45, 2.75) is 6.42 Å². The fourth-order valence-electron chi connectivity index (χ4n) is 1.37. The molecule has 17 heavy (non-hydrogen) atoms. The van der Waals surface area contributed by atoms with Crippen molar-refractivity contribution >= 4 is 5.91 Å². The third kappa shape index (κ3) is 3.18. The molecule has 0 aromatic heterocycles. The van der Waals surface area contributed by atoms with Crippen LogP contribution in [0.1, 0.15) is 16.8 Å². The van der Waals surface area contributed by atoms with Crippen LogP contribution in [0.25, 0.3) is 0 Å². The highest BCUT2D eigenvalue weighted by Crippen LogP contribution is 2.20. The van der Waals surface area contributed by atoms with E-state index in [-0.39, 0.29) is 17.9 Å². The molecule has 5 heteroatoms. The van der Waals surface area contributed by atoms with Crippen molar-refractivity contribution in [3.05, 3.63) is 29.6 Å². The van der Waals surface area contributed by atoms with E-state index >= 15 is 0 Å². The number of carbonyl (C=O) groups excluding carboxylic acids is 1. The van der Waals surface area contributed by atoms with E-state index in [0.29, 0.717) is 12.3 Å². The monoisotopic (exact) mass is 236 g/mol. The second-order valence-electron chi connectivity index (χ2n) is 3.48. The Morgan fingerprint density at radius 2 is 2.29 bits per heavy atom. The maximum absolute atomic E-state index is 13.1. The highest BCUT2D eigenvalue weighted by Gasteiger charge is 2.17. The molecule has 0 spiro atoms. The Morgan fingerprint density at radius 3 is 2.88 bits per heavy atom. The molecule has 0 aliphatic carbocycles. The first kappa shape index (κ1) is 13.0. The average Bonchev–Trinajstić information content (AvgIpc) is 2.34. The SMILES string of the molecule is COc1ccc(F)cc1C(=O)N(C)CCC#N. The first-order valence-corrected chi connectivity index (χ1v) is 5.06. The summed E-state index contributed by atoms with van der Waals surface area (Å²) >= 11 is 0. The number of benzene rings is 1. The van der Waals surface area contributed by atoms with Gasteiger partial charge >= 0.3 is 0 Å². The van der Waals surface area contributed by atoms with E-state index < -0.39 is 5.82 Å². The number of ether oxygens (including phenoxy) is 1. The van der Waals surface area contributed by atoms with E-state index in [1.54, 1.807) is 7.05 Å². The van der Waals surface area contributed by atoms with Crippen molar-refractivity contribution in [3.63, 3.8) is 0 Å². The lowest BCUT2D eigenvalue weighted by atomic mass is 10.1. The van der Waals surface area contributed by atoms with Gasteiger partial charge < -0.3 is 9.64 Å². The van der Waals surface area contributed by atoms with E-state index in [0.717, 1.165) is 6.07 Å². The van der Waals surface area contributed by atoms with Crippen LogP contribution in [0.2, 0.25) is 0 Å². The topological polar surface area (TPSA) is 53.3 Å². The lowest BCUT2D eigenvalue weighted by Crippen LogP contribution is -2.28. The van der Waals surface area contributed by atoms with E-state index in [9.17, 15) is 9.18 Å². The molecule has 1 aromatic rings. The number of nitriles is 1. The van der Waals surface area contributed by atoms with Crippen LogP contribution in [0.15, 0.2) is 18.2 Å². The highest BCUT2D eigenvalue weighted by atomic mass is 19.1. The molecule has 0 aliphatic rings. The zero-order valence-electron chi connectivity index (χ0n) is 9.74. The summed E-state index contributed by atoms with van der Waals surface area (Å²) in [5, 5.41) is 8.44. The first-order chi connectivity index (χ1) is 8.10. The van der Waals surface area contributed by atoms with Gasteiger partial charge in [-0.3, -0.25) is 4.79 Å². The van der Waals surface area contributed by atoms with Crippen LogP contribution in [0, 0.1) is 17.1 Å². The number of halogens is 1. The van der Waals surface area contributed by atoms with Gasteiger partial charge in [0.1, 0.15) is 11.6 Å². The van der Waals surface area contributed by atoms with Crippen LogP contribution in [0.4, 0.5) is 4.39 Å². The van der Waals surface area contributed by atoms with Gasteiger partial charge in [-0.1, -0.05) is 0 Å². The van der Waals surface area contributed by atoms with Crippen LogP contribution in [0.5, 0.6) is 5.75 Å². The van der Waals surface area contributed by atoms with Crippen LogP contribution < -0.4 is 4.74 Å². The Balaban J connectivity index is 2.95. The minimum Gasteiger partial charge on any atom is -0.496 e. The molecule has 1 amide bonds. The van der Waals surface area contributed by atoms with Crippen molar-refractivity contribution in [2.24, 2.45) is 0 Å². The average molecular weight is 236 g/mol. The normalized spacial score (nSPS) is 9.53. The second-order valence-corrected chi connectivity index (χ2v) is 3.48. The maximum Gasteiger partial charge on any atom is 0.257 e. The predicted molar refractivity (Wildman–Crippen MR) is 60.1 cm³/mol. The molecule has 0 fully saturated rings. The van der Waals surface area contributed by atoms with E-state index in [1.165, 1.54) is 24.1 Å². The van der Waals surface area contributed by atoms with Crippen molar-refractivity contribution in [1.29, 1.82) is 5.26 Å². The van der Waals surface area contributed by atoms with Crippen LogP contribution in [0.3, 0.4) is 0 Å². The summed E-state index contributed by atoms with van der Waals surface area (Å²) in [6.07, 6.45) is 0.236. The number of amides is 1. The summed E-state index contributed by atoms with van der Waals surface area (Å²) < 4.78 is 18.1. The number of hydrogen-bond acceptors (Lipinski definition) is 3. The maximum atomic E-state index is 13.1. The fourth-order valence-corrected chi connectivity index (χ4v) is 1.37. The quantitative estimate of drug-likeness (QED) is 0.801. The Bertz CT molecular complexity index is 454. The van der Waals surface area contributed by atoms with Crippen molar-refractivity contribution in [1.82, 2.24) is 4.90 Å². The van der Waals surface area contributed by atoms with Crippen molar-refractivity contribution in [3.8, 4) is 11.8 Å². The molecule has 4 nitrogen and oxygen atoms in total. The van der Waals surface area contributed by atoms with Gasteiger partial charge in [-0.05, 0) is 18.2 Å². The Kier molecular flexibility index (Phi) is 4.46. The molecular weight excluding hydrogens is 223 g/mol. The van der Waals surface area contributed by atoms with Gasteiger partial charge in [-0.2, -0.15) is 5.26 Å². The van der Waals surface area contributed by atoms with Crippen LogP contribution in [-0.2, 0) is 0 Å². The zero-order chi connectivity index (χ0) is 12.8. The number of hydrogen-bond donors (Lipinski definition) is 0. The van der Waals surface area contributed by atoms with Gasteiger partial charge in [0.25, 0.3) is 5.91 Å². The van der Waals surface area contributed by atoms with Gasteiger partial charge in [-0.15, -0.1) is 0 Å². The molecule has 0 heterocycles. The summed E-state index contributed by atoms with van der Waals surface area (Å²) in [4.78, 5) is 13.3. The van der Waals surface area contributed by atoms with Gasteiger partial charge in [0.15, 0.2) is 0 Å². The lowest BCUT2D eigenvalue weighted by Gasteiger charge is -2.17. The van der Waals surface area contributed by atoms with Gasteiger partial charge in [0.2, 0.25) is 0 Å². The Hall–Kier alpha value is -2.09. The van der Waals surface area contributed by atoms with Gasteiger partial charge in [-0.25, -0.2) is 4.39 Å². The summed E-state index contributed by atoms with van der Waals surface area (Å²) in [6.45, 7) is 0.301. The van der Waals surface area contributed by atoms with Crippen LogP contribution in [-0.4, -0.2) is 31.5 Å². The zero-order valence-corrected chi connectivity index (χ0v) is 9.74. The molecule has 0 N–H and O–H groups in total. The summed E-state index contributed by atoms with van der Waals surface area (Å²) in [5.74, 6) is -0.542. The highest BCUT2D eigenvalue weighted by molar-refractivity contribution is 5.96. The van der Waals surface area contributed by atoms with Gasteiger partial charge in [0.05, 0.1) is 25.2 Å². The molecule has 0 saturated heterocycles. The smallest absolute Gasteiger partial charge is 0.257 e. The molecule has 1 rings (SSSR count). The second kappa shape index (κ2) is 5.85. The third-order valence-electron chi connectivity index (χ3n) is 2.30. The van der Waals surface area contributed by atoms with E-state index in [1.807, 2.05) is 6.07 Å². The lowest BCUT2D eigenvalue weighted by molar-refractivity contribution is 0.0794. The standard InChI is InChI=1S/C12H13FN2O2/c1-15(7-3-6-14)12(16)10-8-9(13)4-5-11(10)17-2/h4-5,8H,3,7H2,1-2H3. The molecule has 0 atom stereocenters. The van der Waals surface area contributed by atoms with Crippen molar-refractivity contribution in [2.75, 3.05) is 20.7 Å². The number of rotatable bonds is 4.